The zero-order chi connectivity index (χ0) is 8.10. The second-order valence-electron chi connectivity index (χ2n) is 2.22. The minimum atomic E-state index is -0.0910. The molecule has 0 amide bonds. The minimum Gasteiger partial charge on any atom is -0.302 e. The van der Waals surface area contributed by atoms with Crippen LogP contribution in [0.1, 0.15) is 5.56 Å². The number of halogens is 1. The molecule has 0 spiro atoms. The summed E-state index contributed by atoms with van der Waals surface area (Å²) in [6, 6.07) is 3.81. The van der Waals surface area contributed by atoms with Gasteiger partial charge in [0.2, 0.25) is 0 Å². The fourth-order valence-corrected chi connectivity index (χ4v) is 1.17. The molecule has 3 heteroatoms. The van der Waals surface area contributed by atoms with Crippen molar-refractivity contribution in [3.8, 4) is 0 Å². The average Bonchev–Trinajstić information content (AvgIpc) is 2.06. The highest BCUT2D eigenvalue weighted by atomic mass is 79.9. The molecular weight excluding hydrogens is 206 g/mol. The van der Waals surface area contributed by atoms with Gasteiger partial charge in [0.25, 0.3) is 0 Å². The van der Waals surface area contributed by atoms with Gasteiger partial charge >= 0.3 is 0 Å². The van der Waals surface area contributed by atoms with E-state index < -0.39 is 0 Å². The van der Waals surface area contributed by atoms with Crippen LogP contribution in [0, 0.1) is 0 Å². The van der Waals surface area contributed by atoms with Crippen LogP contribution in [0.3, 0.4) is 0 Å². The summed E-state index contributed by atoms with van der Waals surface area (Å²) in [5, 5.41) is 0. The molecule has 0 N–H and O–H groups in total. The predicted molar refractivity (Wildman–Crippen MR) is 46.7 cm³/mol. The summed E-state index contributed by atoms with van der Waals surface area (Å²) in [7, 11) is 0. The molecule has 1 heterocycles. The maximum Gasteiger partial charge on any atom is 0.133 e. The van der Waals surface area contributed by atoms with E-state index in [1.165, 1.54) is 0 Å². The van der Waals surface area contributed by atoms with Crippen molar-refractivity contribution >= 4 is 22.2 Å². The van der Waals surface area contributed by atoms with E-state index >= 15 is 0 Å². The summed E-state index contributed by atoms with van der Waals surface area (Å²) in [6.45, 7) is 0. The van der Waals surface area contributed by atoms with Gasteiger partial charge in [-0.05, 0) is 18.1 Å². The fraction of sp³-hybridized carbons (Fsp3) is 0.250. The van der Waals surface area contributed by atoms with Crippen LogP contribution in [0.15, 0.2) is 24.5 Å². The lowest BCUT2D eigenvalue weighted by atomic mass is 10.2. The third kappa shape index (κ3) is 2.80. The molecule has 0 aliphatic heterocycles. The third-order valence-electron chi connectivity index (χ3n) is 1.30. The number of aromatic nitrogens is 1. The molecule has 2 nitrogen and oxygen atoms in total. The Kier molecular flexibility index (Phi) is 3.23. The number of alkyl halides is 1. The molecule has 58 valence electrons. The number of nitrogens with zero attached hydrogens (tertiary/aromatic N) is 1. The maximum absolute atomic E-state index is 10.2. The van der Waals surface area contributed by atoms with Crippen LogP contribution in [0.5, 0.6) is 0 Å². The Hall–Kier alpha value is -0.700. The summed E-state index contributed by atoms with van der Waals surface area (Å²) in [5.41, 5.74) is 1.07. The van der Waals surface area contributed by atoms with Gasteiger partial charge in [-0.2, -0.15) is 0 Å². The van der Waals surface area contributed by atoms with Crippen LogP contribution < -0.4 is 0 Å². The molecule has 11 heavy (non-hydrogen) atoms. The van der Waals surface area contributed by atoms with E-state index in [1.54, 1.807) is 12.4 Å². The first-order valence-corrected chi connectivity index (χ1v) is 4.23. The van der Waals surface area contributed by atoms with Crippen LogP contribution >= 0.6 is 15.9 Å². The van der Waals surface area contributed by atoms with E-state index in [-0.39, 0.29) is 4.83 Å². The minimum absolute atomic E-state index is 0.0910. The number of carbonyl (C=O) groups is 1. The molecule has 1 atom stereocenters. The van der Waals surface area contributed by atoms with E-state index in [0.29, 0.717) is 6.42 Å². The van der Waals surface area contributed by atoms with Gasteiger partial charge in [-0.25, -0.2) is 0 Å². The number of hydrogen-bond acceptors (Lipinski definition) is 2. The van der Waals surface area contributed by atoms with Gasteiger partial charge < -0.3 is 4.79 Å². The molecule has 1 aromatic heterocycles. The van der Waals surface area contributed by atoms with Gasteiger partial charge in [-0.15, -0.1) is 0 Å². The van der Waals surface area contributed by atoms with E-state index in [4.69, 9.17) is 0 Å². The van der Waals surface area contributed by atoms with Crippen molar-refractivity contribution in [1.82, 2.24) is 4.98 Å². The van der Waals surface area contributed by atoms with Gasteiger partial charge in [0.15, 0.2) is 0 Å². The Bertz CT molecular complexity index is 225. The number of aldehydes is 1. The normalized spacial score (nSPS) is 12.5. The van der Waals surface area contributed by atoms with Crippen LogP contribution in [0.4, 0.5) is 0 Å². The maximum atomic E-state index is 10.2. The van der Waals surface area contributed by atoms with Gasteiger partial charge in [0, 0.05) is 12.4 Å². The Morgan fingerprint density at radius 2 is 2.55 bits per heavy atom. The molecule has 0 aliphatic rings. The quantitative estimate of drug-likeness (QED) is 0.564. The van der Waals surface area contributed by atoms with Crippen LogP contribution in [0.2, 0.25) is 0 Å². The van der Waals surface area contributed by atoms with Crippen LogP contribution in [-0.2, 0) is 11.2 Å². The topological polar surface area (TPSA) is 30.0 Å². The lowest BCUT2D eigenvalue weighted by Crippen LogP contribution is -2.03. The molecule has 0 aromatic carbocycles. The average molecular weight is 214 g/mol. The fourth-order valence-electron chi connectivity index (χ4n) is 0.792. The summed E-state index contributed by atoms with van der Waals surface area (Å²) in [4.78, 5) is 14.1. The molecule has 0 radical (unpaired) electrons. The predicted octanol–water partition coefficient (Wildman–Crippen LogP) is 1.59. The summed E-state index contributed by atoms with van der Waals surface area (Å²) in [5.74, 6) is 0. The van der Waals surface area contributed by atoms with Crippen LogP contribution in [-0.4, -0.2) is 16.1 Å². The first kappa shape index (κ1) is 8.40. The zero-order valence-electron chi connectivity index (χ0n) is 5.90. The Morgan fingerprint density at radius 1 is 1.73 bits per heavy atom. The molecule has 0 aliphatic carbocycles. The molecular formula is C8H8BrNO. The van der Waals surface area contributed by atoms with Gasteiger partial charge in [0.1, 0.15) is 6.29 Å². The monoisotopic (exact) mass is 213 g/mol. The molecule has 0 saturated heterocycles. The lowest BCUT2D eigenvalue weighted by molar-refractivity contribution is -0.107. The van der Waals surface area contributed by atoms with E-state index in [9.17, 15) is 4.79 Å². The van der Waals surface area contributed by atoms with Crippen molar-refractivity contribution in [3.05, 3.63) is 30.1 Å². The molecule has 0 saturated carbocycles. The van der Waals surface area contributed by atoms with Gasteiger partial charge in [0.05, 0.1) is 4.83 Å². The summed E-state index contributed by atoms with van der Waals surface area (Å²) < 4.78 is 0. The van der Waals surface area contributed by atoms with Gasteiger partial charge in [-0.1, -0.05) is 22.0 Å². The highest BCUT2D eigenvalue weighted by Crippen LogP contribution is 2.05. The third-order valence-corrected chi connectivity index (χ3v) is 1.84. The number of rotatable bonds is 3. The van der Waals surface area contributed by atoms with Crippen molar-refractivity contribution in [1.29, 1.82) is 0 Å². The summed E-state index contributed by atoms with van der Waals surface area (Å²) in [6.07, 6.45) is 5.07. The number of pyridine rings is 1. The van der Waals surface area contributed by atoms with E-state index in [0.717, 1.165) is 11.8 Å². The number of carbonyl (C=O) groups excluding carboxylic acids is 1. The standard InChI is InChI=1S/C8H8BrNO/c9-8(6-11)4-7-2-1-3-10-5-7/h1-3,5-6,8H,4H2. The largest absolute Gasteiger partial charge is 0.302 e. The van der Waals surface area contributed by atoms with Crippen molar-refractivity contribution in [3.63, 3.8) is 0 Å². The Morgan fingerprint density at radius 3 is 3.09 bits per heavy atom. The second kappa shape index (κ2) is 4.23. The SMILES string of the molecule is O=CC(Br)Cc1cccnc1. The molecule has 0 bridgehead atoms. The molecule has 1 unspecified atom stereocenters. The van der Waals surface area contributed by atoms with Crippen molar-refractivity contribution in [2.45, 2.75) is 11.2 Å². The smallest absolute Gasteiger partial charge is 0.133 e. The Labute approximate surface area is 73.8 Å². The zero-order valence-corrected chi connectivity index (χ0v) is 7.49. The Balaban J connectivity index is 2.57. The summed E-state index contributed by atoms with van der Waals surface area (Å²) >= 11 is 3.22. The highest BCUT2D eigenvalue weighted by molar-refractivity contribution is 9.09. The molecule has 0 fully saturated rings. The van der Waals surface area contributed by atoms with Gasteiger partial charge in [-0.3, -0.25) is 4.98 Å². The van der Waals surface area contributed by atoms with E-state index in [2.05, 4.69) is 20.9 Å². The molecule has 1 aromatic rings. The first-order chi connectivity index (χ1) is 5.33. The van der Waals surface area contributed by atoms with Crippen molar-refractivity contribution in [2.75, 3.05) is 0 Å². The van der Waals surface area contributed by atoms with Crippen molar-refractivity contribution < 1.29 is 4.79 Å². The number of hydrogen-bond donors (Lipinski definition) is 0. The molecule has 1 rings (SSSR count). The highest BCUT2D eigenvalue weighted by Gasteiger charge is 2.01. The first-order valence-electron chi connectivity index (χ1n) is 3.31. The second-order valence-corrected chi connectivity index (χ2v) is 3.39. The van der Waals surface area contributed by atoms with E-state index in [1.807, 2.05) is 12.1 Å². The lowest BCUT2D eigenvalue weighted by Gasteiger charge is -1.99. The van der Waals surface area contributed by atoms with Crippen molar-refractivity contribution in [2.24, 2.45) is 0 Å². The van der Waals surface area contributed by atoms with Crippen LogP contribution in [0.25, 0.3) is 0 Å².